The number of hydrogen-bond donors (Lipinski definition) is 1. The minimum atomic E-state index is -0.494. The van der Waals surface area contributed by atoms with Crippen LogP contribution in [0.25, 0.3) is 27.1 Å². The van der Waals surface area contributed by atoms with E-state index < -0.39 is 5.91 Å². The van der Waals surface area contributed by atoms with E-state index in [4.69, 9.17) is 8.83 Å². The zero-order valence-electron chi connectivity index (χ0n) is 14.0. The molecule has 27 heavy (non-hydrogen) atoms. The van der Waals surface area contributed by atoms with Crippen LogP contribution < -0.4 is 5.32 Å². The number of carbonyl (C=O) groups excluding carboxylic acids is 1. The summed E-state index contributed by atoms with van der Waals surface area (Å²) in [5.74, 6) is 1.12. The van der Waals surface area contributed by atoms with E-state index in [-0.39, 0.29) is 12.1 Å². The van der Waals surface area contributed by atoms with Crippen molar-refractivity contribution >= 4 is 33.5 Å². The number of amides is 1. The molecule has 0 atom stereocenters. The Morgan fingerprint density at radius 1 is 1.22 bits per heavy atom. The SMILES string of the molecule is N#C/C(=C/c1ccc(-c2nc3ccccc3s2)o1)C(=O)NCc1ccco1. The molecule has 0 saturated heterocycles. The first-order valence-electron chi connectivity index (χ1n) is 8.11. The number of benzene rings is 1. The fourth-order valence-corrected chi connectivity index (χ4v) is 3.42. The molecule has 0 saturated carbocycles. The zero-order valence-corrected chi connectivity index (χ0v) is 14.8. The second kappa shape index (κ2) is 7.32. The molecule has 1 aromatic carbocycles. The molecule has 3 aromatic heterocycles. The highest BCUT2D eigenvalue weighted by Gasteiger charge is 2.13. The molecule has 0 radical (unpaired) electrons. The average molecular weight is 375 g/mol. The van der Waals surface area contributed by atoms with E-state index in [0.29, 0.717) is 17.3 Å². The molecule has 0 bridgehead atoms. The number of nitrogens with one attached hydrogen (secondary N) is 1. The summed E-state index contributed by atoms with van der Waals surface area (Å²) in [4.78, 5) is 16.7. The fourth-order valence-electron chi connectivity index (χ4n) is 2.49. The maximum Gasteiger partial charge on any atom is 0.262 e. The minimum absolute atomic E-state index is 0.0493. The van der Waals surface area contributed by atoms with E-state index in [2.05, 4.69) is 10.3 Å². The van der Waals surface area contributed by atoms with E-state index in [1.54, 1.807) is 24.3 Å². The Bertz CT molecular complexity index is 1130. The molecular formula is C20H13N3O3S. The third-order valence-corrected chi connectivity index (χ3v) is 4.84. The largest absolute Gasteiger partial charge is 0.467 e. The Kier molecular flexibility index (Phi) is 4.56. The Hall–Kier alpha value is -3.63. The summed E-state index contributed by atoms with van der Waals surface area (Å²) in [5.41, 5.74) is 0.854. The van der Waals surface area contributed by atoms with Gasteiger partial charge >= 0.3 is 0 Å². The third-order valence-electron chi connectivity index (χ3n) is 3.79. The zero-order chi connectivity index (χ0) is 18.6. The number of furan rings is 2. The Morgan fingerprint density at radius 3 is 2.89 bits per heavy atom. The van der Waals surface area contributed by atoms with E-state index in [9.17, 15) is 10.1 Å². The Labute approximate surface area is 158 Å². The highest BCUT2D eigenvalue weighted by atomic mass is 32.1. The van der Waals surface area contributed by atoms with Crippen molar-refractivity contribution in [1.82, 2.24) is 10.3 Å². The first-order chi connectivity index (χ1) is 13.2. The molecule has 0 aliphatic rings. The number of fused-ring (bicyclic) bond motifs is 1. The molecule has 6 nitrogen and oxygen atoms in total. The van der Waals surface area contributed by atoms with Gasteiger partial charge in [0.25, 0.3) is 5.91 Å². The summed E-state index contributed by atoms with van der Waals surface area (Å²) in [6.07, 6.45) is 2.93. The number of hydrogen-bond acceptors (Lipinski definition) is 6. The normalized spacial score (nSPS) is 11.4. The molecule has 0 aliphatic carbocycles. The van der Waals surface area contributed by atoms with E-state index in [1.807, 2.05) is 30.3 Å². The smallest absolute Gasteiger partial charge is 0.262 e. The summed E-state index contributed by atoms with van der Waals surface area (Å²) in [7, 11) is 0. The van der Waals surface area contributed by atoms with Gasteiger partial charge < -0.3 is 14.2 Å². The summed E-state index contributed by atoms with van der Waals surface area (Å²) in [5, 5.41) is 12.7. The molecule has 1 N–H and O–H groups in total. The highest BCUT2D eigenvalue weighted by molar-refractivity contribution is 7.21. The molecule has 1 amide bonds. The molecule has 132 valence electrons. The standard InChI is InChI=1S/C20H13N3O3S/c21-11-13(19(24)22-12-15-4-3-9-25-15)10-14-7-8-17(26-14)20-23-16-5-1-2-6-18(16)27-20/h1-10H,12H2,(H,22,24)/b13-10-. The van der Waals surface area contributed by atoms with Crippen molar-refractivity contribution < 1.29 is 13.6 Å². The summed E-state index contributed by atoms with van der Waals surface area (Å²) >= 11 is 1.52. The molecule has 0 fully saturated rings. The van der Waals surface area contributed by atoms with Crippen LogP contribution in [0.2, 0.25) is 0 Å². The van der Waals surface area contributed by atoms with Crippen LogP contribution in [0, 0.1) is 11.3 Å². The quantitative estimate of drug-likeness (QED) is 0.413. The number of nitrogens with zero attached hydrogens (tertiary/aromatic N) is 2. The third kappa shape index (κ3) is 3.66. The number of carbonyl (C=O) groups is 1. The second-order valence-corrected chi connectivity index (χ2v) is 6.65. The van der Waals surface area contributed by atoms with Gasteiger partial charge in [0.15, 0.2) is 10.8 Å². The van der Waals surface area contributed by atoms with Gasteiger partial charge in [-0.25, -0.2) is 4.98 Å². The van der Waals surface area contributed by atoms with Gasteiger partial charge in [-0.3, -0.25) is 4.79 Å². The van der Waals surface area contributed by atoms with Gasteiger partial charge in [0.2, 0.25) is 0 Å². The van der Waals surface area contributed by atoms with Gasteiger partial charge in [-0.05, 0) is 36.4 Å². The van der Waals surface area contributed by atoms with E-state index in [0.717, 1.165) is 15.2 Å². The number of rotatable bonds is 5. The van der Waals surface area contributed by atoms with Crippen molar-refractivity contribution in [3.63, 3.8) is 0 Å². The lowest BCUT2D eigenvalue weighted by Gasteiger charge is -2.01. The predicted molar refractivity (Wildman–Crippen MR) is 101 cm³/mol. The van der Waals surface area contributed by atoms with Crippen molar-refractivity contribution in [2.75, 3.05) is 0 Å². The second-order valence-electron chi connectivity index (χ2n) is 5.62. The van der Waals surface area contributed by atoms with Crippen LogP contribution in [-0.4, -0.2) is 10.9 Å². The first-order valence-corrected chi connectivity index (χ1v) is 8.93. The average Bonchev–Trinajstić information content (AvgIpc) is 3.44. The monoisotopic (exact) mass is 375 g/mol. The molecular weight excluding hydrogens is 362 g/mol. The van der Waals surface area contributed by atoms with Crippen LogP contribution in [0.15, 0.2) is 69.2 Å². The maximum atomic E-state index is 12.2. The molecule has 0 spiro atoms. The van der Waals surface area contributed by atoms with Crippen molar-refractivity contribution in [2.24, 2.45) is 0 Å². The lowest BCUT2D eigenvalue weighted by Crippen LogP contribution is -2.23. The fraction of sp³-hybridized carbons (Fsp3) is 0.0500. The van der Waals surface area contributed by atoms with Gasteiger partial charge in [0.1, 0.15) is 23.2 Å². The van der Waals surface area contributed by atoms with Crippen LogP contribution in [0.1, 0.15) is 11.5 Å². The molecule has 4 aromatic rings. The van der Waals surface area contributed by atoms with Crippen LogP contribution >= 0.6 is 11.3 Å². The van der Waals surface area contributed by atoms with Gasteiger partial charge in [0, 0.05) is 6.08 Å². The van der Waals surface area contributed by atoms with Gasteiger partial charge in [-0.2, -0.15) is 5.26 Å². The van der Waals surface area contributed by atoms with E-state index in [1.165, 1.54) is 23.7 Å². The summed E-state index contributed by atoms with van der Waals surface area (Å²) in [6, 6.07) is 16.7. The van der Waals surface area contributed by atoms with Crippen molar-refractivity contribution in [2.45, 2.75) is 6.54 Å². The number of para-hydroxylation sites is 1. The molecule has 0 unspecified atom stereocenters. The maximum absolute atomic E-state index is 12.2. The van der Waals surface area contributed by atoms with Crippen LogP contribution in [-0.2, 0) is 11.3 Å². The topological polar surface area (TPSA) is 92.1 Å². The molecule has 4 rings (SSSR count). The van der Waals surface area contributed by atoms with Crippen LogP contribution in [0.3, 0.4) is 0 Å². The number of aromatic nitrogens is 1. The van der Waals surface area contributed by atoms with E-state index >= 15 is 0 Å². The lowest BCUT2D eigenvalue weighted by atomic mass is 10.2. The molecule has 0 aliphatic heterocycles. The van der Waals surface area contributed by atoms with Gasteiger partial charge in [-0.15, -0.1) is 11.3 Å². The molecule has 3 heterocycles. The lowest BCUT2D eigenvalue weighted by molar-refractivity contribution is -0.117. The number of nitriles is 1. The molecule has 7 heteroatoms. The van der Waals surface area contributed by atoms with Gasteiger partial charge in [-0.1, -0.05) is 12.1 Å². The Balaban J connectivity index is 1.52. The highest BCUT2D eigenvalue weighted by Crippen LogP contribution is 2.31. The van der Waals surface area contributed by atoms with Crippen LogP contribution in [0.4, 0.5) is 0 Å². The van der Waals surface area contributed by atoms with Crippen molar-refractivity contribution in [1.29, 1.82) is 5.26 Å². The number of thiazole rings is 1. The first kappa shape index (κ1) is 16.8. The minimum Gasteiger partial charge on any atom is -0.467 e. The van der Waals surface area contributed by atoms with Gasteiger partial charge in [0.05, 0.1) is 23.0 Å². The van der Waals surface area contributed by atoms with Crippen molar-refractivity contribution in [3.8, 4) is 16.8 Å². The van der Waals surface area contributed by atoms with Crippen molar-refractivity contribution in [3.05, 3.63) is 71.9 Å². The Morgan fingerprint density at radius 2 is 2.11 bits per heavy atom. The summed E-state index contributed by atoms with van der Waals surface area (Å²) < 4.78 is 12.0. The summed E-state index contributed by atoms with van der Waals surface area (Å²) in [6.45, 7) is 0.208. The predicted octanol–water partition coefficient (Wildman–Crippen LogP) is 4.37. The van der Waals surface area contributed by atoms with Crippen LogP contribution in [0.5, 0.6) is 0 Å².